The fraction of sp³-hybridized carbons (Fsp3) is 0.778. The van der Waals surface area contributed by atoms with Crippen molar-refractivity contribution in [2.45, 2.75) is 96.3 Å². The highest BCUT2D eigenvalue weighted by Crippen LogP contribution is 2.25. The summed E-state index contributed by atoms with van der Waals surface area (Å²) in [6, 6.07) is 3.18. The highest BCUT2D eigenvalue weighted by atomic mass is 32.1. The molecule has 0 aliphatic heterocycles. The number of unbranched alkanes of at least 4 members (excludes halogenated alkanes) is 12. The minimum absolute atomic E-state index is 0.0846. The van der Waals surface area contributed by atoms with Gasteiger partial charge >= 0.3 is 0 Å². The third-order valence-electron chi connectivity index (χ3n) is 8.01. The Labute approximate surface area is 314 Å². The quantitative estimate of drug-likeness (QED) is 0.0324. The average molecular weight is 759 g/mol. The molecule has 0 aliphatic carbocycles. The Bertz CT molecular complexity index is 1100. The van der Waals surface area contributed by atoms with Gasteiger partial charge in [-0.2, -0.15) is 12.6 Å². The Balaban J connectivity index is 1.79. The molecule has 0 saturated carbocycles. The normalized spacial score (nSPS) is 11.1. The minimum atomic E-state index is -0.749. The molecular weight excluding hydrogens is 696 g/mol. The first-order valence-corrected chi connectivity index (χ1v) is 19.4. The predicted octanol–water partition coefficient (Wildman–Crippen LogP) is 5.75. The number of thiol groups is 1. The molecule has 52 heavy (non-hydrogen) atoms. The average Bonchev–Trinajstić information content (AvgIpc) is 3.12. The summed E-state index contributed by atoms with van der Waals surface area (Å²) in [5, 5.41) is 27.5. The number of ether oxygens (including phenoxy) is 5. The van der Waals surface area contributed by atoms with E-state index in [-0.39, 0.29) is 31.0 Å². The molecule has 0 fully saturated rings. The van der Waals surface area contributed by atoms with E-state index < -0.39 is 27.1 Å². The van der Waals surface area contributed by atoms with Crippen molar-refractivity contribution in [3.8, 4) is 0 Å². The Kier molecular flexibility index (Phi) is 30.7. The lowest BCUT2D eigenvalue weighted by Crippen LogP contribution is -2.29. The molecule has 0 heterocycles. The van der Waals surface area contributed by atoms with Crippen LogP contribution in [0.25, 0.3) is 0 Å². The molecule has 298 valence electrons. The van der Waals surface area contributed by atoms with Gasteiger partial charge in [0.1, 0.15) is 0 Å². The highest BCUT2D eigenvalue weighted by Gasteiger charge is 2.21. The van der Waals surface area contributed by atoms with Crippen LogP contribution in [0.4, 0.5) is 11.4 Å². The summed E-state index contributed by atoms with van der Waals surface area (Å²) in [6.07, 6.45) is 16.8. The molecule has 0 atom stereocenters. The van der Waals surface area contributed by atoms with Crippen LogP contribution in [0.3, 0.4) is 0 Å². The van der Waals surface area contributed by atoms with Gasteiger partial charge in [-0.25, -0.2) is 0 Å². The lowest BCUT2D eigenvalue weighted by molar-refractivity contribution is -0.394. The Morgan fingerprint density at radius 1 is 0.558 bits per heavy atom. The zero-order valence-electron chi connectivity index (χ0n) is 30.9. The van der Waals surface area contributed by atoms with Crippen LogP contribution in [0.15, 0.2) is 18.2 Å². The third kappa shape index (κ3) is 27.7. The number of hydrogen-bond acceptors (Lipinski definition) is 12. The molecule has 2 N–H and O–H groups in total. The number of nitrogens with one attached hydrogen (secondary N) is 2. The maximum absolute atomic E-state index is 12.1. The maximum Gasteiger partial charge on any atom is 0.279 e. The first-order valence-electron chi connectivity index (χ1n) is 18.8. The van der Waals surface area contributed by atoms with E-state index in [2.05, 4.69) is 23.3 Å². The van der Waals surface area contributed by atoms with Crippen LogP contribution in [0, 0.1) is 20.2 Å². The minimum Gasteiger partial charge on any atom is -0.377 e. The van der Waals surface area contributed by atoms with Crippen LogP contribution >= 0.6 is 12.6 Å². The van der Waals surface area contributed by atoms with Crippen molar-refractivity contribution in [1.82, 2.24) is 10.6 Å². The van der Waals surface area contributed by atoms with E-state index >= 15 is 0 Å². The molecule has 1 aromatic carbocycles. The number of hydrogen-bond donors (Lipinski definition) is 3. The van der Waals surface area contributed by atoms with Crippen molar-refractivity contribution in [3.63, 3.8) is 0 Å². The van der Waals surface area contributed by atoms with E-state index in [1.807, 2.05) is 0 Å². The van der Waals surface area contributed by atoms with Crippen LogP contribution in [-0.4, -0.2) is 107 Å². The second kappa shape index (κ2) is 33.9. The van der Waals surface area contributed by atoms with E-state index in [4.69, 9.17) is 23.7 Å². The Morgan fingerprint density at radius 2 is 0.962 bits per heavy atom. The molecule has 0 bridgehead atoms. The van der Waals surface area contributed by atoms with Gasteiger partial charge in [0.25, 0.3) is 11.4 Å². The molecule has 15 nitrogen and oxygen atoms in total. The van der Waals surface area contributed by atoms with E-state index in [1.54, 1.807) is 0 Å². The first kappa shape index (κ1) is 47.1. The van der Waals surface area contributed by atoms with Gasteiger partial charge in [0.15, 0.2) is 0 Å². The zero-order chi connectivity index (χ0) is 37.9. The summed E-state index contributed by atoms with van der Waals surface area (Å²) in [4.78, 5) is 44.6. The number of nitrogens with zero attached hydrogens (tertiary/aromatic N) is 2. The molecule has 0 unspecified atom stereocenters. The highest BCUT2D eigenvalue weighted by molar-refractivity contribution is 7.80. The van der Waals surface area contributed by atoms with Crippen LogP contribution in [0.1, 0.15) is 95.5 Å². The van der Waals surface area contributed by atoms with Crippen LogP contribution in [0.5, 0.6) is 0 Å². The van der Waals surface area contributed by atoms with Gasteiger partial charge in [-0.05, 0) is 24.7 Å². The molecule has 0 aromatic heterocycles. The second-order valence-corrected chi connectivity index (χ2v) is 12.8. The second-order valence-electron chi connectivity index (χ2n) is 12.3. The maximum atomic E-state index is 12.1. The lowest BCUT2D eigenvalue weighted by atomic mass is 10.0. The van der Waals surface area contributed by atoms with Gasteiger partial charge in [0.05, 0.1) is 88.4 Å². The SMILES string of the molecule is O=C(CCCCCCCCCCCCCCCS)NCCOCCOCCOCCOCCOCCNC(=O)Cc1ccc([N+](=O)[O-])cc1[N+](=O)[O-]. The van der Waals surface area contributed by atoms with E-state index in [0.717, 1.165) is 30.7 Å². The van der Waals surface area contributed by atoms with E-state index in [0.29, 0.717) is 72.4 Å². The Morgan fingerprint density at radius 3 is 1.38 bits per heavy atom. The van der Waals surface area contributed by atoms with Crippen molar-refractivity contribution >= 4 is 35.8 Å². The third-order valence-corrected chi connectivity index (χ3v) is 8.33. The van der Waals surface area contributed by atoms with Crippen molar-refractivity contribution in [1.29, 1.82) is 0 Å². The van der Waals surface area contributed by atoms with Crippen molar-refractivity contribution in [3.05, 3.63) is 44.0 Å². The monoisotopic (exact) mass is 758 g/mol. The molecule has 16 heteroatoms. The van der Waals surface area contributed by atoms with Gasteiger partial charge in [0, 0.05) is 31.1 Å². The number of benzene rings is 1. The van der Waals surface area contributed by atoms with Gasteiger partial charge in [0.2, 0.25) is 11.8 Å². The summed E-state index contributed by atoms with van der Waals surface area (Å²) in [6.45, 7) is 4.58. The van der Waals surface area contributed by atoms with Gasteiger partial charge < -0.3 is 34.3 Å². The number of nitro benzene ring substituents is 2. The van der Waals surface area contributed by atoms with Crippen molar-refractivity contribution in [2.24, 2.45) is 0 Å². The number of non-ortho nitro benzene ring substituents is 1. The molecule has 1 aromatic rings. The van der Waals surface area contributed by atoms with E-state index in [9.17, 15) is 29.8 Å². The van der Waals surface area contributed by atoms with Crippen LogP contribution in [0.2, 0.25) is 0 Å². The van der Waals surface area contributed by atoms with Crippen LogP contribution in [-0.2, 0) is 39.7 Å². The number of rotatable bonds is 37. The summed E-state index contributed by atoms with van der Waals surface area (Å²) < 4.78 is 27.2. The largest absolute Gasteiger partial charge is 0.377 e. The molecule has 0 saturated heterocycles. The smallest absolute Gasteiger partial charge is 0.279 e. The molecule has 0 radical (unpaired) electrons. The summed E-state index contributed by atoms with van der Waals surface area (Å²) in [7, 11) is 0. The summed E-state index contributed by atoms with van der Waals surface area (Å²) in [5.74, 6) is 0.633. The molecule has 1 rings (SSSR count). The molecule has 2 amide bonds. The summed E-state index contributed by atoms with van der Waals surface area (Å²) >= 11 is 4.25. The lowest BCUT2D eigenvalue weighted by Gasteiger charge is -2.09. The van der Waals surface area contributed by atoms with Gasteiger partial charge in [-0.3, -0.25) is 29.8 Å². The van der Waals surface area contributed by atoms with Gasteiger partial charge in [-0.1, -0.05) is 70.6 Å². The fourth-order valence-electron chi connectivity index (χ4n) is 5.16. The number of nitro groups is 2. The first-order chi connectivity index (χ1) is 25.3. The molecule has 0 spiro atoms. The molecular formula is C36H62N4O11S. The van der Waals surface area contributed by atoms with Crippen molar-refractivity contribution < 1.29 is 43.1 Å². The Hall–Kier alpha value is -2.89. The predicted molar refractivity (Wildman–Crippen MR) is 202 cm³/mol. The number of amides is 2. The fourth-order valence-corrected chi connectivity index (χ4v) is 5.38. The number of carbonyl (C=O) groups excluding carboxylic acids is 2. The standard InChI is InChI=1S/C36H62N4O11S/c41-35(14-12-10-8-6-4-2-1-3-5-7-9-11-13-29-52)37-17-19-47-21-23-49-25-27-51-28-26-50-24-22-48-20-18-38-36(42)30-32-15-16-33(39(43)44)31-34(32)40(45)46/h15-16,31,52H,1-14,17-30H2,(H,37,41)(H,38,42). The van der Waals surface area contributed by atoms with Crippen molar-refractivity contribution in [2.75, 3.05) is 84.9 Å². The van der Waals surface area contributed by atoms with E-state index in [1.165, 1.54) is 76.7 Å². The summed E-state index contributed by atoms with van der Waals surface area (Å²) in [5.41, 5.74) is -0.802. The zero-order valence-corrected chi connectivity index (χ0v) is 31.8. The molecule has 0 aliphatic rings. The van der Waals surface area contributed by atoms with Crippen LogP contribution < -0.4 is 10.6 Å². The topological polar surface area (TPSA) is 191 Å². The number of carbonyl (C=O) groups is 2. The van der Waals surface area contributed by atoms with Gasteiger partial charge in [-0.15, -0.1) is 0 Å².